The van der Waals surface area contributed by atoms with Crippen LogP contribution in [0.2, 0.25) is 0 Å². The molecule has 0 amide bonds. The third-order valence-electron chi connectivity index (χ3n) is 5.41. The van der Waals surface area contributed by atoms with Crippen LogP contribution in [0.15, 0.2) is 48.5 Å². The molecule has 3 rings (SSSR count). The van der Waals surface area contributed by atoms with Crippen molar-refractivity contribution < 1.29 is 18.6 Å². The molecule has 1 saturated heterocycles. The second-order valence-electron chi connectivity index (χ2n) is 7.87. The van der Waals surface area contributed by atoms with Gasteiger partial charge in [0, 0.05) is 11.1 Å². The molecule has 1 fully saturated rings. The zero-order chi connectivity index (χ0) is 20.8. The molecule has 29 heavy (non-hydrogen) atoms. The molecule has 0 unspecified atom stereocenters. The van der Waals surface area contributed by atoms with Crippen molar-refractivity contribution in [3.63, 3.8) is 0 Å². The average Bonchev–Trinajstić information content (AvgIpc) is 2.71. The summed E-state index contributed by atoms with van der Waals surface area (Å²) >= 11 is 5.56. The van der Waals surface area contributed by atoms with E-state index in [1.165, 1.54) is 34.1 Å². The van der Waals surface area contributed by atoms with Gasteiger partial charge in [0.25, 0.3) is 0 Å². The van der Waals surface area contributed by atoms with E-state index in [9.17, 15) is 8.78 Å². The maximum Gasteiger partial charge on any atom is 0.169 e. The number of piperazine rings is 1. The quantitative estimate of drug-likeness (QED) is 0.585. The van der Waals surface area contributed by atoms with Crippen molar-refractivity contribution in [3.8, 4) is 0 Å². The van der Waals surface area contributed by atoms with Crippen LogP contribution in [-0.2, 0) is 0 Å². The van der Waals surface area contributed by atoms with Crippen LogP contribution in [-0.4, -0.2) is 63.4 Å². The third kappa shape index (κ3) is 5.95. The molecule has 0 atom stereocenters. The van der Waals surface area contributed by atoms with E-state index in [-0.39, 0.29) is 17.7 Å². The first-order valence-electron chi connectivity index (χ1n) is 10.1. The van der Waals surface area contributed by atoms with Crippen molar-refractivity contribution >= 4 is 17.3 Å². The molecule has 4 nitrogen and oxygen atoms in total. The smallest absolute Gasteiger partial charge is 0.169 e. The minimum absolute atomic E-state index is 0.0391. The van der Waals surface area contributed by atoms with Gasteiger partial charge in [0.1, 0.15) is 17.7 Å². The fourth-order valence-corrected chi connectivity index (χ4v) is 4.08. The van der Waals surface area contributed by atoms with Crippen molar-refractivity contribution in [1.29, 1.82) is 0 Å². The monoisotopic (exact) mass is 420 g/mol. The molecular weight excluding hydrogens is 390 g/mol. The molecule has 0 saturated carbocycles. The first-order valence-corrected chi connectivity index (χ1v) is 10.5. The first-order chi connectivity index (χ1) is 13.9. The number of nitrogens with one attached hydrogen (secondary N) is 3. The molecule has 0 aromatic heterocycles. The van der Waals surface area contributed by atoms with Gasteiger partial charge in [0.05, 0.1) is 53.4 Å². The third-order valence-corrected chi connectivity index (χ3v) is 5.81. The highest BCUT2D eigenvalue weighted by Gasteiger charge is 2.30. The van der Waals surface area contributed by atoms with E-state index in [1.54, 1.807) is 0 Å². The topological polar surface area (TPSA) is 24.2 Å². The number of hydrogen-bond donors (Lipinski definition) is 3. The minimum atomic E-state index is -0.248. The fraction of sp³-hybridized carbons (Fsp3) is 0.409. The Kier molecular flexibility index (Phi) is 7.52. The van der Waals surface area contributed by atoms with Crippen LogP contribution in [0.4, 0.5) is 8.78 Å². The highest BCUT2D eigenvalue weighted by Crippen LogP contribution is 2.20. The molecule has 1 aliphatic heterocycles. The van der Waals surface area contributed by atoms with Crippen LogP contribution in [0.1, 0.15) is 17.2 Å². The molecule has 2 aromatic carbocycles. The Hall–Kier alpha value is -2.09. The second-order valence-corrected chi connectivity index (χ2v) is 8.26. The summed E-state index contributed by atoms with van der Waals surface area (Å²) in [6.45, 7) is 5.40. The number of hydrogen-bond acceptors (Lipinski definition) is 1. The van der Waals surface area contributed by atoms with Gasteiger partial charge in [-0.1, -0.05) is 0 Å². The number of rotatable bonds is 6. The Labute approximate surface area is 177 Å². The van der Waals surface area contributed by atoms with Crippen LogP contribution < -0.4 is 15.1 Å². The van der Waals surface area contributed by atoms with Crippen LogP contribution in [0.25, 0.3) is 0 Å². The van der Waals surface area contributed by atoms with E-state index in [1.807, 2.05) is 24.3 Å². The molecule has 0 aliphatic carbocycles. The van der Waals surface area contributed by atoms with E-state index in [2.05, 4.69) is 24.3 Å². The Balaban J connectivity index is 1.69. The maximum absolute atomic E-state index is 13.5. The van der Waals surface area contributed by atoms with Crippen LogP contribution >= 0.6 is 12.2 Å². The fourth-order valence-electron chi connectivity index (χ4n) is 3.79. The standard InChI is InChI=1S/C22H28F2N4S/c1-26(2)12-11-25-22(29)28-15-13-27(14-16-28)21(17-3-7-19(23)8-4-17)18-5-9-20(24)10-6-18/h3-10,21H,11-16H2,1-2H3,(H,25,29)/p+2. The molecule has 0 spiro atoms. The Morgan fingerprint density at radius 3 is 1.93 bits per heavy atom. The highest BCUT2D eigenvalue weighted by atomic mass is 32.1. The molecule has 3 N–H and O–H groups in total. The van der Waals surface area contributed by atoms with Crippen LogP contribution in [0.3, 0.4) is 0 Å². The van der Waals surface area contributed by atoms with E-state index < -0.39 is 0 Å². The van der Waals surface area contributed by atoms with Gasteiger partial charge in [-0.15, -0.1) is 0 Å². The molecule has 7 heteroatoms. The molecule has 0 radical (unpaired) electrons. The van der Waals surface area contributed by atoms with Gasteiger partial charge >= 0.3 is 0 Å². The predicted octanol–water partition coefficient (Wildman–Crippen LogP) is 0.274. The van der Waals surface area contributed by atoms with E-state index >= 15 is 0 Å². The normalized spacial score (nSPS) is 15.2. The van der Waals surface area contributed by atoms with Gasteiger partial charge in [0.15, 0.2) is 5.11 Å². The number of benzene rings is 2. The van der Waals surface area contributed by atoms with Crippen molar-refractivity contribution in [2.24, 2.45) is 0 Å². The Bertz CT molecular complexity index is 742. The largest absolute Gasteiger partial charge is 0.357 e. The zero-order valence-electron chi connectivity index (χ0n) is 17.1. The van der Waals surface area contributed by atoms with Gasteiger partial charge in [-0.05, 0) is 60.7 Å². The minimum Gasteiger partial charge on any atom is -0.357 e. The molecule has 0 bridgehead atoms. The van der Waals surface area contributed by atoms with Crippen LogP contribution in [0.5, 0.6) is 0 Å². The van der Waals surface area contributed by atoms with Gasteiger partial charge in [0.2, 0.25) is 0 Å². The Morgan fingerprint density at radius 1 is 1.00 bits per heavy atom. The van der Waals surface area contributed by atoms with Crippen LogP contribution in [0, 0.1) is 11.6 Å². The summed E-state index contributed by atoms with van der Waals surface area (Å²) in [5, 5.41) is 4.16. The van der Waals surface area contributed by atoms with E-state index in [0.29, 0.717) is 0 Å². The molecule has 1 aliphatic rings. The van der Waals surface area contributed by atoms with E-state index in [0.717, 1.165) is 55.5 Å². The van der Waals surface area contributed by atoms with Gasteiger partial charge in [-0.25, -0.2) is 8.78 Å². The summed E-state index contributed by atoms with van der Waals surface area (Å²) in [6.07, 6.45) is 0. The number of nitrogens with zero attached hydrogens (tertiary/aromatic N) is 1. The lowest BCUT2D eigenvalue weighted by Crippen LogP contribution is -3.15. The molecule has 2 aromatic rings. The maximum atomic E-state index is 13.5. The molecule has 156 valence electrons. The highest BCUT2D eigenvalue weighted by molar-refractivity contribution is 7.80. The second kappa shape index (κ2) is 10.1. The summed E-state index contributed by atoms with van der Waals surface area (Å²) in [6, 6.07) is 13.3. The average molecular weight is 421 g/mol. The predicted molar refractivity (Wildman–Crippen MR) is 115 cm³/mol. The number of thiocarbonyl (C=S) groups is 1. The van der Waals surface area contributed by atoms with Crippen molar-refractivity contribution in [3.05, 3.63) is 71.3 Å². The lowest BCUT2D eigenvalue weighted by atomic mass is 9.96. The molecular formula is C22H30F2N4S+2. The van der Waals surface area contributed by atoms with Gasteiger partial charge in [-0.2, -0.15) is 0 Å². The van der Waals surface area contributed by atoms with Crippen molar-refractivity contribution in [2.45, 2.75) is 6.04 Å². The van der Waals surface area contributed by atoms with E-state index in [4.69, 9.17) is 12.2 Å². The summed E-state index contributed by atoms with van der Waals surface area (Å²) in [4.78, 5) is 4.98. The molecule has 1 heterocycles. The Morgan fingerprint density at radius 2 is 1.48 bits per heavy atom. The van der Waals surface area contributed by atoms with Gasteiger partial charge in [-0.3, -0.25) is 0 Å². The number of quaternary nitrogens is 2. The van der Waals surface area contributed by atoms with Crippen molar-refractivity contribution in [1.82, 2.24) is 10.2 Å². The summed E-state index contributed by atoms with van der Waals surface area (Å²) in [5.74, 6) is -0.496. The number of halogens is 2. The zero-order valence-corrected chi connectivity index (χ0v) is 17.9. The van der Waals surface area contributed by atoms with Crippen molar-refractivity contribution in [2.75, 3.05) is 53.4 Å². The lowest BCUT2D eigenvalue weighted by molar-refractivity contribution is -0.929. The SMILES string of the molecule is C[NH+](C)CCNC(=S)N1CC[NH+](C(c2ccc(F)cc2)c2ccc(F)cc2)CC1. The lowest BCUT2D eigenvalue weighted by Gasteiger charge is -2.38. The summed E-state index contributed by atoms with van der Waals surface area (Å²) in [7, 11) is 4.25. The first kappa shape index (κ1) is 21.6. The number of likely N-dealkylation sites (N-methyl/N-ethyl adjacent to an activating group) is 1. The summed E-state index contributed by atoms with van der Waals surface area (Å²) in [5.41, 5.74) is 2.08. The van der Waals surface area contributed by atoms with Gasteiger partial charge < -0.3 is 20.0 Å². The summed E-state index contributed by atoms with van der Waals surface area (Å²) < 4.78 is 26.9.